The van der Waals surface area contributed by atoms with Gasteiger partial charge in [0.05, 0.1) is 11.4 Å². The minimum Gasteiger partial charge on any atom is -0.343 e. The van der Waals surface area contributed by atoms with Crippen molar-refractivity contribution in [2.45, 2.75) is 50.9 Å². The molecule has 0 aliphatic carbocycles. The number of rotatable bonds is 5. The van der Waals surface area contributed by atoms with Crippen LogP contribution >= 0.6 is 0 Å². The Balaban J connectivity index is 1.68. The molecule has 0 aromatic carbocycles. The highest BCUT2D eigenvalue weighted by Crippen LogP contribution is 2.36. The molecule has 0 spiro atoms. The minimum atomic E-state index is -4.44. The Morgan fingerprint density at radius 2 is 2.04 bits per heavy atom. The lowest BCUT2D eigenvalue weighted by molar-refractivity contribution is -0.147. The highest BCUT2D eigenvalue weighted by molar-refractivity contribution is 5.76. The Bertz CT molecular complexity index is 635. The van der Waals surface area contributed by atoms with E-state index in [1.54, 1.807) is 0 Å². The van der Waals surface area contributed by atoms with Crippen molar-refractivity contribution in [3.63, 3.8) is 0 Å². The minimum absolute atomic E-state index is 0.0198. The van der Waals surface area contributed by atoms with Gasteiger partial charge >= 0.3 is 6.18 Å². The number of likely N-dealkylation sites (tertiary alicyclic amines) is 1. The molecule has 146 valence electrons. The fourth-order valence-electron chi connectivity index (χ4n) is 3.85. The molecule has 0 bridgehead atoms. The highest BCUT2D eigenvalue weighted by Gasteiger charge is 2.40. The van der Waals surface area contributed by atoms with Gasteiger partial charge in [-0.1, -0.05) is 0 Å². The molecule has 6 nitrogen and oxygen atoms in total. The molecule has 0 saturated carbocycles. The first-order chi connectivity index (χ1) is 12.4. The van der Waals surface area contributed by atoms with Gasteiger partial charge in [0.15, 0.2) is 0 Å². The van der Waals surface area contributed by atoms with Crippen LogP contribution in [0, 0.1) is 0 Å². The third kappa shape index (κ3) is 4.03. The summed E-state index contributed by atoms with van der Waals surface area (Å²) in [6.07, 6.45) is -1.80. The fraction of sp³-hybridized carbons (Fsp3) is 0.765. The summed E-state index contributed by atoms with van der Waals surface area (Å²) < 4.78 is 41.3. The fourth-order valence-corrected chi connectivity index (χ4v) is 3.85. The van der Waals surface area contributed by atoms with Gasteiger partial charge in [-0.3, -0.25) is 4.79 Å². The van der Waals surface area contributed by atoms with E-state index in [0.29, 0.717) is 63.4 Å². The second-order valence-corrected chi connectivity index (χ2v) is 6.96. The van der Waals surface area contributed by atoms with E-state index in [9.17, 15) is 18.0 Å². The van der Waals surface area contributed by atoms with Crippen LogP contribution in [0.3, 0.4) is 0 Å². The summed E-state index contributed by atoms with van der Waals surface area (Å²) in [6.45, 7) is 3.21. The molecule has 1 aromatic heterocycles. The van der Waals surface area contributed by atoms with E-state index >= 15 is 0 Å². The maximum Gasteiger partial charge on any atom is 0.449 e. The van der Waals surface area contributed by atoms with Crippen molar-refractivity contribution in [1.29, 1.82) is 0 Å². The van der Waals surface area contributed by atoms with Gasteiger partial charge in [0.1, 0.15) is 0 Å². The third-order valence-corrected chi connectivity index (χ3v) is 5.21. The standard InChI is InChI=1S/C17H26F3N5O/c1-21-6-2-3-14(26)24-8-4-12(5-9-24)15-13-11-22-7-10-25(13)16(23-15)17(18,19)20/h12,21-22H,2-11H2,1H3. The summed E-state index contributed by atoms with van der Waals surface area (Å²) >= 11 is 0. The Hall–Kier alpha value is -1.61. The Morgan fingerprint density at radius 1 is 1.31 bits per heavy atom. The van der Waals surface area contributed by atoms with E-state index in [1.807, 2.05) is 11.9 Å². The first kappa shape index (κ1) is 19.2. The van der Waals surface area contributed by atoms with Gasteiger partial charge in [-0.25, -0.2) is 4.98 Å². The number of fused-ring (bicyclic) bond motifs is 1. The SMILES string of the molecule is CNCCCC(=O)N1CCC(c2nc(C(F)(F)F)n3c2CNCC3)CC1. The molecule has 2 N–H and O–H groups in total. The number of carbonyl (C=O) groups excluding carboxylic acids is 1. The van der Waals surface area contributed by atoms with Crippen LogP contribution < -0.4 is 10.6 Å². The molecule has 1 amide bonds. The maximum absolute atomic E-state index is 13.3. The number of alkyl halides is 3. The molecule has 1 aromatic rings. The van der Waals surface area contributed by atoms with E-state index in [4.69, 9.17) is 0 Å². The lowest BCUT2D eigenvalue weighted by Crippen LogP contribution is -2.38. The van der Waals surface area contributed by atoms with Crippen molar-refractivity contribution in [3.05, 3.63) is 17.2 Å². The van der Waals surface area contributed by atoms with Crippen LogP contribution in [-0.4, -0.2) is 53.6 Å². The zero-order valence-electron chi connectivity index (χ0n) is 15.0. The smallest absolute Gasteiger partial charge is 0.343 e. The average Bonchev–Trinajstić information content (AvgIpc) is 3.02. The Kier molecular flexibility index (Phi) is 5.86. The molecule has 2 aliphatic rings. The number of nitrogens with one attached hydrogen (secondary N) is 2. The van der Waals surface area contributed by atoms with E-state index < -0.39 is 12.0 Å². The first-order valence-corrected chi connectivity index (χ1v) is 9.21. The van der Waals surface area contributed by atoms with Crippen LogP contribution in [0.2, 0.25) is 0 Å². The monoisotopic (exact) mass is 373 g/mol. The number of imidazole rings is 1. The molecule has 1 saturated heterocycles. The van der Waals surface area contributed by atoms with Gasteiger partial charge in [0, 0.05) is 45.1 Å². The van der Waals surface area contributed by atoms with Crippen molar-refractivity contribution in [3.8, 4) is 0 Å². The van der Waals surface area contributed by atoms with E-state index in [2.05, 4.69) is 15.6 Å². The van der Waals surface area contributed by atoms with Crippen LogP contribution in [0.25, 0.3) is 0 Å². The van der Waals surface area contributed by atoms with Gasteiger partial charge in [-0.15, -0.1) is 0 Å². The number of nitrogens with zero attached hydrogens (tertiary/aromatic N) is 3. The topological polar surface area (TPSA) is 62.2 Å². The maximum atomic E-state index is 13.3. The van der Waals surface area contributed by atoms with E-state index in [0.717, 1.165) is 13.0 Å². The lowest BCUT2D eigenvalue weighted by atomic mass is 9.91. The second-order valence-electron chi connectivity index (χ2n) is 6.96. The molecule has 3 heterocycles. The van der Waals surface area contributed by atoms with Crippen molar-refractivity contribution in [2.75, 3.05) is 33.2 Å². The molecule has 9 heteroatoms. The van der Waals surface area contributed by atoms with Crippen LogP contribution in [0.15, 0.2) is 0 Å². The van der Waals surface area contributed by atoms with Crippen LogP contribution in [-0.2, 0) is 24.1 Å². The quantitative estimate of drug-likeness (QED) is 0.772. The predicted octanol–water partition coefficient (Wildman–Crippen LogP) is 1.71. The number of amides is 1. The average molecular weight is 373 g/mol. The molecular formula is C17H26F3N5O. The first-order valence-electron chi connectivity index (χ1n) is 9.21. The van der Waals surface area contributed by atoms with Crippen molar-refractivity contribution in [1.82, 2.24) is 25.1 Å². The number of hydrogen-bond acceptors (Lipinski definition) is 4. The van der Waals surface area contributed by atoms with E-state index in [-0.39, 0.29) is 11.8 Å². The van der Waals surface area contributed by atoms with Gasteiger partial charge in [0.25, 0.3) is 0 Å². The molecule has 0 radical (unpaired) electrons. The molecule has 0 unspecified atom stereocenters. The van der Waals surface area contributed by atoms with Gasteiger partial charge in [-0.05, 0) is 32.9 Å². The van der Waals surface area contributed by atoms with Crippen LogP contribution in [0.1, 0.15) is 48.8 Å². The van der Waals surface area contributed by atoms with E-state index in [1.165, 1.54) is 4.57 Å². The summed E-state index contributed by atoms with van der Waals surface area (Å²) in [5.74, 6) is -0.675. The Labute approximate surface area is 151 Å². The number of halogens is 3. The second kappa shape index (κ2) is 7.96. The molecule has 2 aliphatic heterocycles. The summed E-state index contributed by atoms with van der Waals surface area (Å²) in [5, 5.41) is 6.16. The number of carbonyl (C=O) groups is 1. The molecule has 26 heavy (non-hydrogen) atoms. The van der Waals surface area contributed by atoms with Crippen LogP contribution in [0.5, 0.6) is 0 Å². The van der Waals surface area contributed by atoms with Crippen molar-refractivity contribution >= 4 is 5.91 Å². The van der Waals surface area contributed by atoms with Crippen LogP contribution in [0.4, 0.5) is 13.2 Å². The van der Waals surface area contributed by atoms with Gasteiger partial charge < -0.3 is 20.1 Å². The number of aromatic nitrogens is 2. The summed E-state index contributed by atoms with van der Waals surface area (Å²) in [5.41, 5.74) is 1.22. The summed E-state index contributed by atoms with van der Waals surface area (Å²) in [4.78, 5) is 18.0. The molecule has 3 rings (SSSR count). The largest absolute Gasteiger partial charge is 0.449 e. The van der Waals surface area contributed by atoms with Gasteiger partial charge in [0.2, 0.25) is 11.7 Å². The lowest BCUT2D eigenvalue weighted by Gasteiger charge is -2.32. The zero-order chi connectivity index (χ0) is 18.7. The summed E-state index contributed by atoms with van der Waals surface area (Å²) in [7, 11) is 1.85. The molecular weight excluding hydrogens is 347 g/mol. The molecule has 1 fully saturated rings. The summed E-state index contributed by atoms with van der Waals surface area (Å²) in [6, 6.07) is 0. The number of hydrogen-bond donors (Lipinski definition) is 2. The number of piperidine rings is 1. The normalized spacial score (nSPS) is 18.8. The third-order valence-electron chi connectivity index (χ3n) is 5.21. The predicted molar refractivity (Wildman–Crippen MR) is 90.7 cm³/mol. The molecule has 0 atom stereocenters. The van der Waals surface area contributed by atoms with Crippen molar-refractivity contribution < 1.29 is 18.0 Å². The van der Waals surface area contributed by atoms with Crippen molar-refractivity contribution in [2.24, 2.45) is 0 Å². The Morgan fingerprint density at radius 3 is 2.69 bits per heavy atom. The highest BCUT2D eigenvalue weighted by atomic mass is 19.4. The van der Waals surface area contributed by atoms with Gasteiger partial charge in [-0.2, -0.15) is 13.2 Å². The zero-order valence-corrected chi connectivity index (χ0v) is 15.0.